The second kappa shape index (κ2) is 8.80. The normalized spacial score (nSPS) is 15.6. The number of likely N-dealkylation sites (tertiary alicyclic amines) is 1. The first-order chi connectivity index (χ1) is 12.3. The highest BCUT2D eigenvalue weighted by molar-refractivity contribution is 5.74. The Kier molecular flexibility index (Phi) is 5.96. The molecule has 0 spiro atoms. The van der Waals surface area contributed by atoms with Crippen molar-refractivity contribution in [1.29, 1.82) is 5.26 Å². The van der Waals surface area contributed by atoms with Crippen molar-refractivity contribution in [2.24, 2.45) is 0 Å². The molecule has 25 heavy (non-hydrogen) atoms. The standard InChI is InChI=1S/C17H21N7O/c18-12-14(17-20-22-23-21-17)13-19-15-4-6-16(7-5-15)25-11-10-24-8-2-1-3-9-24/h4-7,13,19H,1-3,8-11H2,(H,20,21,22,23). The molecule has 1 fully saturated rings. The fourth-order valence-corrected chi connectivity index (χ4v) is 2.70. The Morgan fingerprint density at radius 1 is 1.28 bits per heavy atom. The number of ether oxygens (including phenoxy) is 1. The van der Waals surface area contributed by atoms with Crippen molar-refractivity contribution in [3.05, 3.63) is 36.3 Å². The number of allylic oxidation sites excluding steroid dienone is 1. The number of aromatic nitrogens is 4. The highest BCUT2D eigenvalue weighted by Crippen LogP contribution is 2.17. The van der Waals surface area contributed by atoms with Gasteiger partial charge < -0.3 is 10.1 Å². The molecule has 0 amide bonds. The van der Waals surface area contributed by atoms with E-state index in [1.807, 2.05) is 30.3 Å². The Labute approximate surface area is 146 Å². The molecule has 1 aliphatic heterocycles. The maximum atomic E-state index is 9.12. The summed E-state index contributed by atoms with van der Waals surface area (Å²) >= 11 is 0. The van der Waals surface area contributed by atoms with Crippen LogP contribution in [0.2, 0.25) is 0 Å². The van der Waals surface area contributed by atoms with Crippen LogP contribution < -0.4 is 10.1 Å². The smallest absolute Gasteiger partial charge is 0.216 e. The van der Waals surface area contributed by atoms with Gasteiger partial charge in [-0.05, 0) is 55.4 Å². The van der Waals surface area contributed by atoms with E-state index < -0.39 is 0 Å². The summed E-state index contributed by atoms with van der Waals surface area (Å²) in [4.78, 5) is 2.45. The number of hydrogen-bond acceptors (Lipinski definition) is 7. The number of anilines is 1. The van der Waals surface area contributed by atoms with Crippen LogP contribution in [0, 0.1) is 11.3 Å². The second-order valence-corrected chi connectivity index (χ2v) is 5.82. The van der Waals surface area contributed by atoms with Crippen molar-refractivity contribution in [3.8, 4) is 11.8 Å². The number of nitrogens with one attached hydrogen (secondary N) is 2. The van der Waals surface area contributed by atoms with Crippen molar-refractivity contribution in [3.63, 3.8) is 0 Å². The molecule has 1 aromatic carbocycles. The third kappa shape index (κ3) is 5.02. The highest BCUT2D eigenvalue weighted by Gasteiger charge is 2.09. The number of nitrogens with zero attached hydrogens (tertiary/aromatic N) is 5. The maximum Gasteiger partial charge on any atom is 0.216 e. The number of aromatic amines is 1. The monoisotopic (exact) mass is 339 g/mol. The van der Waals surface area contributed by atoms with Gasteiger partial charge in [-0.25, -0.2) is 0 Å². The van der Waals surface area contributed by atoms with E-state index in [-0.39, 0.29) is 5.82 Å². The van der Waals surface area contributed by atoms with Crippen molar-refractivity contribution in [2.45, 2.75) is 19.3 Å². The number of piperidine rings is 1. The zero-order valence-corrected chi connectivity index (χ0v) is 14.0. The molecule has 2 heterocycles. The molecule has 0 atom stereocenters. The van der Waals surface area contributed by atoms with Gasteiger partial charge in [0.25, 0.3) is 0 Å². The summed E-state index contributed by atoms with van der Waals surface area (Å²) in [6, 6.07) is 9.65. The quantitative estimate of drug-likeness (QED) is 0.744. The molecule has 0 saturated carbocycles. The number of H-pyrrole nitrogens is 1. The van der Waals surface area contributed by atoms with Gasteiger partial charge in [0.15, 0.2) is 0 Å². The van der Waals surface area contributed by atoms with Crippen LogP contribution >= 0.6 is 0 Å². The highest BCUT2D eigenvalue weighted by atomic mass is 16.5. The van der Waals surface area contributed by atoms with Gasteiger partial charge in [-0.1, -0.05) is 6.42 Å². The summed E-state index contributed by atoms with van der Waals surface area (Å²) in [5.41, 5.74) is 1.15. The lowest BCUT2D eigenvalue weighted by Gasteiger charge is -2.26. The fraction of sp³-hybridized carbons (Fsp3) is 0.412. The van der Waals surface area contributed by atoms with Crippen molar-refractivity contribution in [1.82, 2.24) is 25.5 Å². The molecule has 130 valence electrons. The van der Waals surface area contributed by atoms with Gasteiger partial charge in [0.05, 0.1) is 0 Å². The minimum absolute atomic E-state index is 0.257. The van der Waals surface area contributed by atoms with Crippen LogP contribution in [0.1, 0.15) is 25.1 Å². The molecule has 2 N–H and O–H groups in total. The predicted molar refractivity (Wildman–Crippen MR) is 93.6 cm³/mol. The SMILES string of the molecule is N#CC(=CNc1ccc(OCCN2CCCCC2)cc1)c1nn[nH]n1. The zero-order chi connectivity index (χ0) is 17.3. The molecule has 2 aromatic rings. The summed E-state index contributed by atoms with van der Waals surface area (Å²) in [5, 5.41) is 25.5. The molecule has 1 aromatic heterocycles. The molecule has 0 aliphatic carbocycles. The van der Waals surface area contributed by atoms with Crippen LogP contribution in [0.25, 0.3) is 5.57 Å². The minimum Gasteiger partial charge on any atom is -0.492 e. The molecule has 0 bridgehead atoms. The van der Waals surface area contributed by atoms with Crippen molar-refractivity contribution in [2.75, 3.05) is 31.6 Å². The molecular formula is C17H21N7O. The molecule has 1 saturated heterocycles. The number of tetrazole rings is 1. The average molecular weight is 339 g/mol. The van der Waals surface area contributed by atoms with Crippen LogP contribution in [-0.2, 0) is 0 Å². The van der Waals surface area contributed by atoms with Crippen LogP contribution in [0.4, 0.5) is 5.69 Å². The first kappa shape index (κ1) is 16.9. The topological polar surface area (TPSA) is 103 Å². The van der Waals surface area contributed by atoms with E-state index in [1.54, 1.807) is 6.20 Å². The van der Waals surface area contributed by atoms with Gasteiger partial charge in [-0.2, -0.15) is 10.5 Å². The van der Waals surface area contributed by atoms with Gasteiger partial charge in [-0.3, -0.25) is 4.90 Å². The third-order valence-corrected chi connectivity index (χ3v) is 4.07. The fourth-order valence-electron chi connectivity index (χ4n) is 2.70. The van der Waals surface area contributed by atoms with Crippen LogP contribution in [-0.4, -0.2) is 51.8 Å². The molecule has 8 heteroatoms. The number of hydrogen-bond donors (Lipinski definition) is 2. The molecule has 0 unspecified atom stereocenters. The lowest BCUT2D eigenvalue weighted by molar-refractivity contribution is 0.183. The number of rotatable bonds is 7. The van der Waals surface area contributed by atoms with E-state index in [1.165, 1.54) is 32.4 Å². The summed E-state index contributed by atoms with van der Waals surface area (Å²) in [5.74, 6) is 1.10. The second-order valence-electron chi connectivity index (χ2n) is 5.82. The molecule has 0 radical (unpaired) electrons. The Balaban J connectivity index is 1.47. The Hall–Kier alpha value is -2.92. The summed E-state index contributed by atoms with van der Waals surface area (Å²) < 4.78 is 5.80. The van der Waals surface area contributed by atoms with Crippen LogP contribution in [0.15, 0.2) is 30.5 Å². The molecular weight excluding hydrogens is 318 g/mol. The van der Waals surface area contributed by atoms with E-state index in [0.717, 1.165) is 18.0 Å². The van der Waals surface area contributed by atoms with E-state index in [2.05, 4.69) is 30.8 Å². The lowest BCUT2D eigenvalue weighted by atomic mass is 10.1. The van der Waals surface area contributed by atoms with Crippen LogP contribution in [0.5, 0.6) is 5.75 Å². The third-order valence-electron chi connectivity index (χ3n) is 4.07. The molecule has 8 nitrogen and oxygen atoms in total. The summed E-state index contributed by atoms with van der Waals surface area (Å²) in [6.45, 7) is 4.03. The van der Waals surface area contributed by atoms with Gasteiger partial charge in [0, 0.05) is 18.4 Å². The summed E-state index contributed by atoms with van der Waals surface area (Å²) in [6.07, 6.45) is 5.49. The van der Waals surface area contributed by atoms with Crippen molar-refractivity contribution >= 4 is 11.3 Å². The van der Waals surface area contributed by atoms with Crippen molar-refractivity contribution < 1.29 is 4.74 Å². The average Bonchev–Trinajstić information content (AvgIpc) is 3.19. The van der Waals surface area contributed by atoms with E-state index >= 15 is 0 Å². The van der Waals surface area contributed by atoms with Gasteiger partial charge in [0.2, 0.25) is 5.82 Å². The minimum atomic E-state index is 0.257. The van der Waals surface area contributed by atoms with E-state index in [4.69, 9.17) is 10.00 Å². The van der Waals surface area contributed by atoms with Gasteiger partial charge in [-0.15, -0.1) is 10.2 Å². The first-order valence-electron chi connectivity index (χ1n) is 8.41. The lowest BCUT2D eigenvalue weighted by Crippen LogP contribution is -2.33. The zero-order valence-electron chi connectivity index (χ0n) is 14.0. The van der Waals surface area contributed by atoms with E-state index in [9.17, 15) is 0 Å². The Bertz CT molecular complexity index is 712. The Morgan fingerprint density at radius 2 is 2.08 bits per heavy atom. The summed E-state index contributed by atoms with van der Waals surface area (Å²) in [7, 11) is 0. The number of benzene rings is 1. The van der Waals surface area contributed by atoms with Gasteiger partial charge in [0.1, 0.15) is 24.0 Å². The molecule has 1 aliphatic rings. The number of nitriles is 1. The maximum absolute atomic E-state index is 9.12. The van der Waals surface area contributed by atoms with Crippen LogP contribution in [0.3, 0.4) is 0 Å². The van der Waals surface area contributed by atoms with E-state index in [0.29, 0.717) is 12.2 Å². The predicted octanol–water partition coefficient (Wildman–Crippen LogP) is 2.04. The first-order valence-corrected chi connectivity index (χ1v) is 8.41. The largest absolute Gasteiger partial charge is 0.492 e. The molecule has 3 rings (SSSR count). The van der Waals surface area contributed by atoms with Gasteiger partial charge >= 0.3 is 0 Å². The Morgan fingerprint density at radius 3 is 2.76 bits per heavy atom.